The Hall–Kier alpha value is -2.21. The van der Waals surface area contributed by atoms with E-state index in [1.165, 1.54) is 18.2 Å². The number of rotatable bonds is 5. The lowest BCUT2D eigenvalue weighted by atomic mass is 9.83. The quantitative estimate of drug-likeness (QED) is 0.710. The zero-order valence-electron chi connectivity index (χ0n) is 15.7. The minimum Gasteiger partial charge on any atom is -0.289 e. The second-order valence-electron chi connectivity index (χ2n) is 7.01. The second kappa shape index (κ2) is 8.03. The second-order valence-corrected chi connectivity index (χ2v) is 8.95. The summed E-state index contributed by atoms with van der Waals surface area (Å²) in [6, 6.07) is 11.4. The third-order valence-electron chi connectivity index (χ3n) is 5.09. The van der Waals surface area contributed by atoms with Gasteiger partial charge in [0.1, 0.15) is 4.90 Å². The fourth-order valence-corrected chi connectivity index (χ4v) is 4.48. The van der Waals surface area contributed by atoms with Crippen LogP contribution in [-0.2, 0) is 10.0 Å². The number of halogens is 1. The monoisotopic (exact) mass is 415 g/mol. The van der Waals surface area contributed by atoms with Crippen molar-refractivity contribution in [2.45, 2.75) is 25.2 Å². The molecule has 0 aromatic heterocycles. The number of carbonyl (C=O) groups excluding carboxylic acids is 1. The van der Waals surface area contributed by atoms with Crippen molar-refractivity contribution in [1.29, 1.82) is 0 Å². The molecule has 0 spiro atoms. The van der Waals surface area contributed by atoms with E-state index in [0.717, 1.165) is 17.6 Å². The average Bonchev–Trinajstić information content (AvgIpc) is 2.67. The van der Waals surface area contributed by atoms with Crippen molar-refractivity contribution < 1.29 is 13.2 Å². The van der Waals surface area contributed by atoms with E-state index in [1.807, 2.05) is 12.1 Å². The summed E-state index contributed by atoms with van der Waals surface area (Å²) in [7, 11) is -4.00. The lowest BCUT2D eigenvalue weighted by Gasteiger charge is -2.21. The van der Waals surface area contributed by atoms with Crippen molar-refractivity contribution in [3.8, 4) is 0 Å². The minimum atomic E-state index is -4.00. The Morgan fingerprint density at radius 3 is 2.32 bits per heavy atom. The summed E-state index contributed by atoms with van der Waals surface area (Å²) in [4.78, 5) is 12.5. The smallest absolute Gasteiger partial charge is 0.239 e. The molecule has 0 saturated heterocycles. The van der Waals surface area contributed by atoms with Gasteiger partial charge in [-0.1, -0.05) is 67.9 Å². The summed E-state index contributed by atoms with van der Waals surface area (Å²) in [5.41, 5.74) is 2.86. The van der Waals surface area contributed by atoms with Crippen LogP contribution in [0.5, 0.6) is 0 Å². The Morgan fingerprint density at radius 2 is 1.75 bits per heavy atom. The van der Waals surface area contributed by atoms with E-state index in [2.05, 4.69) is 32.1 Å². The predicted molar refractivity (Wildman–Crippen MR) is 113 cm³/mol. The predicted octanol–water partition coefficient (Wildman–Crippen LogP) is 4.83. The van der Waals surface area contributed by atoms with Gasteiger partial charge in [-0.3, -0.25) is 4.79 Å². The molecule has 0 amide bonds. The van der Waals surface area contributed by atoms with Gasteiger partial charge in [0.05, 0.1) is 5.02 Å². The molecule has 0 fully saturated rings. The molecular formula is C22H22ClNO3S. The molecule has 6 heteroatoms. The number of benzene rings is 2. The molecule has 1 aliphatic rings. The van der Waals surface area contributed by atoms with E-state index in [1.54, 1.807) is 12.1 Å². The lowest BCUT2D eigenvalue weighted by molar-refractivity contribution is 0.103. The van der Waals surface area contributed by atoms with E-state index in [-0.39, 0.29) is 21.3 Å². The Morgan fingerprint density at radius 1 is 1.11 bits per heavy atom. The summed E-state index contributed by atoms with van der Waals surface area (Å²) < 4.78 is 23.3. The van der Waals surface area contributed by atoms with Crippen LogP contribution in [0.15, 0.2) is 65.6 Å². The Kier molecular flexibility index (Phi) is 5.89. The number of nitrogens with two attached hydrogens (primary N) is 1. The maximum atomic E-state index is 12.8. The molecule has 3 rings (SSSR count). The average molecular weight is 416 g/mol. The molecule has 0 bridgehead atoms. The maximum absolute atomic E-state index is 12.8. The van der Waals surface area contributed by atoms with Crippen molar-refractivity contribution in [3.63, 3.8) is 0 Å². The highest BCUT2D eigenvalue weighted by Gasteiger charge is 2.18. The molecule has 0 aliphatic heterocycles. The van der Waals surface area contributed by atoms with Gasteiger partial charge in [-0.25, -0.2) is 13.6 Å². The van der Waals surface area contributed by atoms with Gasteiger partial charge in [0.2, 0.25) is 10.0 Å². The molecule has 28 heavy (non-hydrogen) atoms. The molecule has 0 radical (unpaired) electrons. The van der Waals surface area contributed by atoms with Gasteiger partial charge in [-0.2, -0.15) is 0 Å². The zero-order chi connectivity index (χ0) is 20.5. The first-order valence-corrected chi connectivity index (χ1v) is 11.0. The molecule has 0 heterocycles. The van der Waals surface area contributed by atoms with Gasteiger partial charge in [0.15, 0.2) is 5.78 Å². The normalized spacial score (nSPS) is 19.4. The molecule has 2 aromatic carbocycles. The van der Waals surface area contributed by atoms with Crippen molar-refractivity contribution in [3.05, 3.63) is 82.4 Å². The lowest BCUT2D eigenvalue weighted by Crippen LogP contribution is -2.14. The number of carbonyl (C=O) groups is 1. The topological polar surface area (TPSA) is 77.2 Å². The summed E-state index contributed by atoms with van der Waals surface area (Å²) in [6.07, 6.45) is 7.73. The molecule has 2 N–H and O–H groups in total. The molecule has 146 valence electrons. The van der Waals surface area contributed by atoms with Crippen LogP contribution in [0.4, 0.5) is 0 Å². The number of hydrogen-bond donors (Lipinski definition) is 1. The van der Waals surface area contributed by atoms with Crippen LogP contribution in [0.1, 0.15) is 41.8 Å². The number of ketones is 1. The fraction of sp³-hybridized carbons (Fsp3) is 0.227. The highest BCUT2D eigenvalue weighted by molar-refractivity contribution is 7.89. The van der Waals surface area contributed by atoms with Crippen LogP contribution >= 0.6 is 11.6 Å². The van der Waals surface area contributed by atoms with Crippen molar-refractivity contribution >= 4 is 33.0 Å². The fourth-order valence-electron chi connectivity index (χ4n) is 3.41. The van der Waals surface area contributed by atoms with Gasteiger partial charge in [0.25, 0.3) is 0 Å². The summed E-state index contributed by atoms with van der Waals surface area (Å²) in [5, 5.41) is 5.15. The standard InChI is InChI=1S/C22H22ClNO3S/c1-3-15-4-9-18(12-14(15)2)16-5-7-17(8-6-16)22(25)19-10-11-20(23)21(13-19)28(24,26)27/h4-15H,3H2,1-2H3,(H2,24,26,27). The SMILES string of the molecule is CCC1C=CC(c2ccc(C(=O)c3ccc(Cl)c(S(N)(=O)=O)c3)cc2)=CC1C. The van der Waals surface area contributed by atoms with Crippen LogP contribution in [0, 0.1) is 11.8 Å². The number of hydrogen-bond acceptors (Lipinski definition) is 3. The van der Waals surface area contributed by atoms with Crippen LogP contribution < -0.4 is 5.14 Å². The first kappa shape index (κ1) is 20.5. The first-order chi connectivity index (χ1) is 13.2. The van der Waals surface area contributed by atoms with Gasteiger partial charge in [-0.05, 0) is 47.6 Å². The van der Waals surface area contributed by atoms with Crippen molar-refractivity contribution in [2.24, 2.45) is 17.0 Å². The van der Waals surface area contributed by atoms with Gasteiger partial charge < -0.3 is 0 Å². The van der Waals surface area contributed by atoms with Crippen molar-refractivity contribution in [2.75, 3.05) is 0 Å². The van der Waals surface area contributed by atoms with Crippen LogP contribution in [0.25, 0.3) is 5.57 Å². The molecule has 2 unspecified atom stereocenters. The summed E-state index contributed by atoms with van der Waals surface area (Å²) in [6.45, 7) is 4.39. The Bertz CT molecular complexity index is 1070. The Balaban J connectivity index is 1.87. The van der Waals surface area contributed by atoms with E-state index < -0.39 is 10.0 Å². The van der Waals surface area contributed by atoms with Crippen LogP contribution in [-0.4, -0.2) is 14.2 Å². The van der Waals surface area contributed by atoms with E-state index in [0.29, 0.717) is 17.4 Å². The maximum Gasteiger partial charge on any atom is 0.239 e. The molecule has 0 saturated carbocycles. The van der Waals surface area contributed by atoms with E-state index >= 15 is 0 Å². The van der Waals surface area contributed by atoms with Crippen LogP contribution in [0.2, 0.25) is 5.02 Å². The van der Waals surface area contributed by atoms with Gasteiger partial charge >= 0.3 is 0 Å². The molecular weight excluding hydrogens is 394 g/mol. The number of primary sulfonamides is 1. The summed E-state index contributed by atoms with van der Waals surface area (Å²) in [5.74, 6) is 0.736. The highest BCUT2D eigenvalue weighted by Crippen LogP contribution is 2.30. The third-order valence-corrected chi connectivity index (χ3v) is 6.48. The third kappa shape index (κ3) is 4.27. The van der Waals surface area contributed by atoms with Gasteiger partial charge in [-0.15, -0.1) is 0 Å². The summed E-state index contributed by atoms with van der Waals surface area (Å²) >= 11 is 5.89. The molecule has 4 nitrogen and oxygen atoms in total. The number of sulfonamides is 1. The van der Waals surface area contributed by atoms with Crippen molar-refractivity contribution in [1.82, 2.24) is 0 Å². The Labute approximate surface area is 170 Å². The minimum absolute atomic E-state index is 0.00933. The molecule has 1 aliphatic carbocycles. The van der Waals surface area contributed by atoms with E-state index in [9.17, 15) is 13.2 Å². The van der Waals surface area contributed by atoms with Gasteiger partial charge in [0, 0.05) is 11.1 Å². The molecule has 2 atom stereocenters. The largest absolute Gasteiger partial charge is 0.289 e. The number of allylic oxidation sites excluding steroid dienone is 4. The molecule has 2 aromatic rings. The first-order valence-electron chi connectivity index (χ1n) is 9.08. The van der Waals surface area contributed by atoms with E-state index in [4.69, 9.17) is 16.7 Å². The highest BCUT2D eigenvalue weighted by atomic mass is 35.5. The zero-order valence-corrected chi connectivity index (χ0v) is 17.3. The van der Waals surface area contributed by atoms with Crippen LogP contribution in [0.3, 0.4) is 0 Å².